The molecule has 1 fully saturated rings. The number of piperidine rings is 1. The van der Waals surface area contributed by atoms with Crippen molar-refractivity contribution in [1.82, 2.24) is 10.2 Å². The van der Waals surface area contributed by atoms with Crippen molar-refractivity contribution >= 4 is 11.8 Å². The molecule has 0 radical (unpaired) electrons. The van der Waals surface area contributed by atoms with Gasteiger partial charge in [0.05, 0.1) is 0 Å². The van der Waals surface area contributed by atoms with Gasteiger partial charge in [0, 0.05) is 31.6 Å². The fourth-order valence-corrected chi connectivity index (χ4v) is 2.61. The van der Waals surface area contributed by atoms with E-state index in [-0.39, 0.29) is 30.1 Å². The van der Waals surface area contributed by atoms with E-state index in [0.717, 1.165) is 18.6 Å². The Balaban J connectivity index is 1.77. The van der Waals surface area contributed by atoms with Gasteiger partial charge in [-0.15, -0.1) is 0 Å². The number of rotatable bonds is 6. The van der Waals surface area contributed by atoms with Gasteiger partial charge in [-0.3, -0.25) is 9.59 Å². The fraction of sp³-hybridized carbons (Fsp3) is 0.529. The van der Waals surface area contributed by atoms with E-state index in [1.165, 1.54) is 0 Å². The van der Waals surface area contributed by atoms with Crippen molar-refractivity contribution in [2.45, 2.75) is 26.2 Å². The first-order valence-electron chi connectivity index (χ1n) is 8.14. The molecule has 0 unspecified atom stereocenters. The van der Waals surface area contributed by atoms with Gasteiger partial charge >= 0.3 is 0 Å². The fourth-order valence-electron chi connectivity index (χ4n) is 2.61. The zero-order valence-corrected chi connectivity index (χ0v) is 13.7. The highest BCUT2D eigenvalue weighted by atomic mass is 19.1. The molecule has 0 atom stereocenters. The Bertz CT molecular complexity index is 587. The molecule has 1 aliphatic rings. The molecule has 1 N–H and O–H groups in total. The topological polar surface area (TPSA) is 58.6 Å². The summed E-state index contributed by atoms with van der Waals surface area (Å²) in [5, 5.41) is 2.86. The van der Waals surface area contributed by atoms with Gasteiger partial charge in [0.15, 0.2) is 18.2 Å². The molecule has 0 bridgehead atoms. The maximum Gasteiger partial charge on any atom is 0.260 e. The van der Waals surface area contributed by atoms with E-state index in [4.69, 9.17) is 4.74 Å². The summed E-state index contributed by atoms with van der Waals surface area (Å²) in [6, 6.07) is 2.94. The molecule has 0 aliphatic carbocycles. The second-order valence-corrected chi connectivity index (χ2v) is 5.81. The first-order chi connectivity index (χ1) is 11.5. The summed E-state index contributed by atoms with van der Waals surface area (Å²) in [4.78, 5) is 25.6. The van der Waals surface area contributed by atoms with Crippen molar-refractivity contribution in [1.29, 1.82) is 0 Å². The van der Waals surface area contributed by atoms with Gasteiger partial charge in [0.2, 0.25) is 5.91 Å². The quantitative estimate of drug-likeness (QED) is 0.863. The van der Waals surface area contributed by atoms with Crippen molar-refractivity contribution in [3.05, 3.63) is 29.8 Å². The average molecular weight is 340 g/mol. The van der Waals surface area contributed by atoms with Crippen LogP contribution in [-0.4, -0.2) is 43.0 Å². The Morgan fingerprint density at radius 2 is 2.00 bits per heavy atom. The molecule has 0 aromatic heterocycles. The van der Waals surface area contributed by atoms with Crippen LogP contribution in [0.2, 0.25) is 0 Å². The van der Waals surface area contributed by atoms with E-state index in [1.54, 1.807) is 4.90 Å². The number of nitrogens with zero attached hydrogens (tertiary/aromatic N) is 1. The third-order valence-electron chi connectivity index (χ3n) is 4.01. The zero-order chi connectivity index (χ0) is 17.5. The summed E-state index contributed by atoms with van der Waals surface area (Å²) in [5.41, 5.74) is 0. The van der Waals surface area contributed by atoms with Crippen molar-refractivity contribution in [2.24, 2.45) is 5.92 Å². The monoisotopic (exact) mass is 340 g/mol. The molecule has 0 spiro atoms. The second-order valence-electron chi connectivity index (χ2n) is 5.81. The lowest BCUT2D eigenvalue weighted by molar-refractivity contribution is -0.137. The Hall–Kier alpha value is -2.18. The minimum atomic E-state index is -0.839. The van der Waals surface area contributed by atoms with Gasteiger partial charge in [-0.25, -0.2) is 8.78 Å². The molecular weight excluding hydrogens is 318 g/mol. The second kappa shape index (κ2) is 8.61. The summed E-state index contributed by atoms with van der Waals surface area (Å²) >= 11 is 0. The molecule has 1 heterocycles. The number of hydrogen-bond acceptors (Lipinski definition) is 3. The molecule has 24 heavy (non-hydrogen) atoms. The molecule has 2 rings (SSSR count). The molecule has 1 aliphatic heterocycles. The molecule has 132 valence electrons. The molecule has 1 aromatic rings. The normalized spacial score (nSPS) is 15.2. The summed E-state index contributed by atoms with van der Waals surface area (Å²) in [6.07, 6.45) is 2.10. The largest absolute Gasteiger partial charge is 0.481 e. The summed E-state index contributed by atoms with van der Waals surface area (Å²) < 4.78 is 31.4. The molecule has 7 heteroatoms. The van der Waals surface area contributed by atoms with Crippen LogP contribution >= 0.6 is 0 Å². The van der Waals surface area contributed by atoms with Gasteiger partial charge in [-0.2, -0.15) is 0 Å². The van der Waals surface area contributed by atoms with E-state index in [2.05, 4.69) is 5.32 Å². The Labute approximate surface area is 140 Å². The standard InChI is InChI=1S/C17H22F2N2O3/c1-2-7-20-17(23)12-5-8-21(9-6-12)16(22)11-24-15-4-3-13(18)10-14(15)19/h3-4,10,12H,2,5-9,11H2,1H3,(H,20,23). The van der Waals surface area contributed by atoms with Gasteiger partial charge in [0.25, 0.3) is 5.91 Å². The first kappa shape index (κ1) is 18.2. The van der Waals surface area contributed by atoms with Crippen LogP contribution in [-0.2, 0) is 9.59 Å². The maximum atomic E-state index is 13.5. The van der Waals surface area contributed by atoms with Crippen molar-refractivity contribution in [3.8, 4) is 5.75 Å². The Kier molecular flexibility index (Phi) is 6.52. The lowest BCUT2D eigenvalue weighted by atomic mass is 9.96. The predicted molar refractivity (Wildman–Crippen MR) is 84.5 cm³/mol. The zero-order valence-electron chi connectivity index (χ0n) is 13.7. The van der Waals surface area contributed by atoms with E-state index in [0.29, 0.717) is 38.5 Å². The number of carbonyl (C=O) groups excluding carboxylic acids is 2. The summed E-state index contributed by atoms with van der Waals surface area (Å²) in [5.74, 6) is -2.00. The molecule has 1 saturated heterocycles. The van der Waals surface area contributed by atoms with Crippen molar-refractivity contribution in [3.63, 3.8) is 0 Å². The number of carbonyl (C=O) groups is 2. The SMILES string of the molecule is CCCNC(=O)C1CCN(C(=O)COc2ccc(F)cc2F)CC1. The third kappa shape index (κ3) is 4.91. The van der Waals surface area contributed by atoms with Crippen LogP contribution < -0.4 is 10.1 Å². The van der Waals surface area contributed by atoms with Gasteiger partial charge < -0.3 is 15.0 Å². The van der Waals surface area contributed by atoms with E-state index >= 15 is 0 Å². The van der Waals surface area contributed by atoms with Crippen LogP contribution in [0, 0.1) is 17.6 Å². The van der Waals surface area contributed by atoms with Crippen molar-refractivity contribution < 1.29 is 23.1 Å². The van der Waals surface area contributed by atoms with Crippen molar-refractivity contribution in [2.75, 3.05) is 26.2 Å². The van der Waals surface area contributed by atoms with Gasteiger partial charge in [-0.05, 0) is 31.4 Å². The highest BCUT2D eigenvalue weighted by molar-refractivity contribution is 5.80. The first-order valence-corrected chi connectivity index (χ1v) is 8.14. The highest BCUT2D eigenvalue weighted by Crippen LogP contribution is 2.19. The van der Waals surface area contributed by atoms with Crippen LogP contribution in [0.3, 0.4) is 0 Å². The minimum Gasteiger partial charge on any atom is -0.481 e. The molecular formula is C17H22F2N2O3. The predicted octanol–water partition coefficient (Wildman–Crippen LogP) is 2.11. The highest BCUT2D eigenvalue weighted by Gasteiger charge is 2.27. The third-order valence-corrected chi connectivity index (χ3v) is 4.01. The van der Waals surface area contributed by atoms with Crippen LogP contribution in [0.4, 0.5) is 8.78 Å². The van der Waals surface area contributed by atoms with Gasteiger partial charge in [0.1, 0.15) is 5.82 Å². The van der Waals surface area contributed by atoms with Gasteiger partial charge in [-0.1, -0.05) is 6.92 Å². The summed E-state index contributed by atoms with van der Waals surface area (Å²) in [7, 11) is 0. The lowest BCUT2D eigenvalue weighted by Gasteiger charge is -2.31. The number of amides is 2. The molecule has 5 nitrogen and oxygen atoms in total. The lowest BCUT2D eigenvalue weighted by Crippen LogP contribution is -2.44. The number of hydrogen-bond donors (Lipinski definition) is 1. The van der Waals surface area contributed by atoms with E-state index < -0.39 is 11.6 Å². The number of nitrogens with one attached hydrogen (secondary N) is 1. The molecule has 1 aromatic carbocycles. The maximum absolute atomic E-state index is 13.5. The van der Waals surface area contributed by atoms with E-state index in [9.17, 15) is 18.4 Å². The Morgan fingerprint density at radius 1 is 1.29 bits per heavy atom. The van der Waals surface area contributed by atoms with Crippen LogP contribution in [0.1, 0.15) is 26.2 Å². The van der Waals surface area contributed by atoms with Crippen LogP contribution in [0.5, 0.6) is 5.75 Å². The minimum absolute atomic E-state index is 0.0357. The van der Waals surface area contributed by atoms with Crippen LogP contribution in [0.25, 0.3) is 0 Å². The molecule has 2 amide bonds. The van der Waals surface area contributed by atoms with Crippen LogP contribution in [0.15, 0.2) is 18.2 Å². The number of likely N-dealkylation sites (tertiary alicyclic amines) is 1. The number of benzene rings is 1. The number of halogens is 2. The average Bonchev–Trinajstić information content (AvgIpc) is 2.58. The molecule has 0 saturated carbocycles. The Morgan fingerprint density at radius 3 is 2.62 bits per heavy atom. The summed E-state index contributed by atoms with van der Waals surface area (Å²) in [6.45, 7) is 3.28. The van der Waals surface area contributed by atoms with E-state index in [1.807, 2.05) is 6.92 Å². The number of ether oxygens (including phenoxy) is 1. The smallest absolute Gasteiger partial charge is 0.260 e.